The summed E-state index contributed by atoms with van der Waals surface area (Å²) < 4.78 is 6.94. The van der Waals surface area contributed by atoms with E-state index in [0.717, 1.165) is 22.9 Å². The zero-order valence-electron chi connectivity index (χ0n) is 10.4. The SMILES string of the molecule is CCCn1cc(C(=O)OCc2cnc(C)s2)cn1. The molecule has 2 aromatic rings. The first-order valence-corrected chi connectivity index (χ1v) is 6.61. The molecular formula is C12H15N3O2S. The zero-order chi connectivity index (χ0) is 13.0. The summed E-state index contributed by atoms with van der Waals surface area (Å²) in [6.45, 7) is 5.06. The van der Waals surface area contributed by atoms with E-state index in [1.807, 2.05) is 6.92 Å². The van der Waals surface area contributed by atoms with Crippen LogP contribution in [0.4, 0.5) is 0 Å². The van der Waals surface area contributed by atoms with Crippen LogP contribution in [0.2, 0.25) is 0 Å². The number of carbonyl (C=O) groups excluding carboxylic acids is 1. The van der Waals surface area contributed by atoms with Gasteiger partial charge in [-0.2, -0.15) is 5.10 Å². The Balaban J connectivity index is 1.90. The fourth-order valence-corrected chi connectivity index (χ4v) is 2.22. The van der Waals surface area contributed by atoms with Crippen molar-refractivity contribution in [2.24, 2.45) is 0 Å². The number of hydrogen-bond donors (Lipinski definition) is 0. The predicted octanol–water partition coefficient (Wildman–Crippen LogP) is 2.42. The van der Waals surface area contributed by atoms with E-state index >= 15 is 0 Å². The molecule has 0 bridgehead atoms. The van der Waals surface area contributed by atoms with Crippen molar-refractivity contribution in [2.75, 3.05) is 0 Å². The summed E-state index contributed by atoms with van der Waals surface area (Å²) >= 11 is 1.53. The maximum Gasteiger partial charge on any atom is 0.341 e. The van der Waals surface area contributed by atoms with Crippen LogP contribution < -0.4 is 0 Å². The third-order valence-corrected chi connectivity index (χ3v) is 3.22. The first kappa shape index (κ1) is 12.8. The van der Waals surface area contributed by atoms with E-state index in [2.05, 4.69) is 17.0 Å². The van der Waals surface area contributed by atoms with Gasteiger partial charge in [0.15, 0.2) is 0 Å². The summed E-state index contributed by atoms with van der Waals surface area (Å²) in [6, 6.07) is 0. The number of thiazole rings is 1. The summed E-state index contributed by atoms with van der Waals surface area (Å²) in [7, 11) is 0. The van der Waals surface area contributed by atoms with E-state index in [9.17, 15) is 4.79 Å². The van der Waals surface area contributed by atoms with Crippen LogP contribution in [0.1, 0.15) is 33.6 Å². The molecule has 2 heterocycles. The quantitative estimate of drug-likeness (QED) is 0.779. The summed E-state index contributed by atoms with van der Waals surface area (Å²) in [5, 5.41) is 5.06. The van der Waals surface area contributed by atoms with Crippen molar-refractivity contribution in [1.29, 1.82) is 0 Å². The molecule has 0 amide bonds. The average Bonchev–Trinajstić information content (AvgIpc) is 2.96. The largest absolute Gasteiger partial charge is 0.456 e. The molecular weight excluding hydrogens is 250 g/mol. The van der Waals surface area contributed by atoms with Gasteiger partial charge in [0.25, 0.3) is 0 Å². The van der Waals surface area contributed by atoms with Crippen LogP contribution in [0.25, 0.3) is 0 Å². The summed E-state index contributed by atoms with van der Waals surface area (Å²) in [5.74, 6) is -0.344. The summed E-state index contributed by atoms with van der Waals surface area (Å²) in [6.07, 6.45) is 5.96. The highest BCUT2D eigenvalue weighted by atomic mass is 32.1. The van der Waals surface area contributed by atoms with Crippen molar-refractivity contribution in [3.05, 3.63) is 34.0 Å². The van der Waals surface area contributed by atoms with Gasteiger partial charge in [-0.15, -0.1) is 11.3 Å². The first-order valence-electron chi connectivity index (χ1n) is 5.80. The molecule has 5 nitrogen and oxygen atoms in total. The van der Waals surface area contributed by atoms with E-state index in [0.29, 0.717) is 5.56 Å². The third-order valence-electron chi connectivity index (χ3n) is 2.34. The maximum atomic E-state index is 11.8. The number of rotatable bonds is 5. The van der Waals surface area contributed by atoms with E-state index in [-0.39, 0.29) is 12.6 Å². The Bertz CT molecular complexity index is 533. The van der Waals surface area contributed by atoms with Gasteiger partial charge in [-0.25, -0.2) is 9.78 Å². The fraction of sp³-hybridized carbons (Fsp3) is 0.417. The van der Waals surface area contributed by atoms with Gasteiger partial charge in [0, 0.05) is 18.9 Å². The van der Waals surface area contributed by atoms with E-state index in [4.69, 9.17) is 4.74 Å². The topological polar surface area (TPSA) is 57.0 Å². The van der Waals surface area contributed by atoms with E-state index < -0.39 is 0 Å². The van der Waals surface area contributed by atoms with Crippen LogP contribution >= 0.6 is 11.3 Å². The van der Waals surface area contributed by atoms with E-state index in [1.54, 1.807) is 17.1 Å². The average molecular weight is 265 g/mol. The molecule has 0 N–H and O–H groups in total. The van der Waals surface area contributed by atoms with Crippen LogP contribution in [0, 0.1) is 6.92 Å². The number of aryl methyl sites for hydroxylation is 2. The van der Waals surface area contributed by atoms with Gasteiger partial charge in [-0.3, -0.25) is 4.68 Å². The lowest BCUT2D eigenvalue weighted by atomic mass is 10.4. The molecule has 0 aliphatic heterocycles. The zero-order valence-corrected chi connectivity index (χ0v) is 11.2. The maximum absolute atomic E-state index is 11.8. The van der Waals surface area contributed by atoms with Crippen LogP contribution in [-0.2, 0) is 17.9 Å². The van der Waals surface area contributed by atoms with Crippen molar-refractivity contribution in [3.8, 4) is 0 Å². The lowest BCUT2D eigenvalue weighted by molar-refractivity contribution is 0.0476. The molecule has 18 heavy (non-hydrogen) atoms. The minimum atomic E-state index is -0.344. The highest BCUT2D eigenvalue weighted by Crippen LogP contribution is 2.13. The second kappa shape index (κ2) is 5.77. The Morgan fingerprint density at radius 1 is 1.50 bits per heavy atom. The van der Waals surface area contributed by atoms with Gasteiger partial charge < -0.3 is 4.74 Å². The number of esters is 1. The van der Waals surface area contributed by atoms with E-state index in [1.165, 1.54) is 17.5 Å². The van der Waals surface area contributed by atoms with Gasteiger partial charge in [0.1, 0.15) is 6.61 Å². The van der Waals surface area contributed by atoms with Gasteiger partial charge in [-0.1, -0.05) is 6.92 Å². The van der Waals surface area contributed by atoms with Crippen LogP contribution in [0.5, 0.6) is 0 Å². The minimum absolute atomic E-state index is 0.267. The number of nitrogens with zero attached hydrogens (tertiary/aromatic N) is 3. The molecule has 2 rings (SSSR count). The molecule has 6 heteroatoms. The predicted molar refractivity (Wildman–Crippen MR) is 68.5 cm³/mol. The summed E-state index contributed by atoms with van der Waals surface area (Å²) in [4.78, 5) is 16.8. The normalized spacial score (nSPS) is 10.6. The van der Waals surface area contributed by atoms with Crippen molar-refractivity contribution < 1.29 is 9.53 Å². The Labute approximate surface area is 109 Å². The molecule has 0 aromatic carbocycles. The first-order chi connectivity index (χ1) is 8.69. The van der Waals surface area contributed by atoms with Gasteiger partial charge in [0.05, 0.1) is 21.6 Å². The van der Waals surface area contributed by atoms with Crippen LogP contribution in [0.15, 0.2) is 18.6 Å². The molecule has 0 saturated heterocycles. The fourth-order valence-electron chi connectivity index (χ4n) is 1.51. The lowest BCUT2D eigenvalue weighted by Crippen LogP contribution is -2.03. The second-order valence-electron chi connectivity index (χ2n) is 3.91. The smallest absolute Gasteiger partial charge is 0.341 e. The molecule has 0 radical (unpaired) electrons. The van der Waals surface area contributed by atoms with Crippen molar-refractivity contribution >= 4 is 17.3 Å². The Morgan fingerprint density at radius 3 is 3.00 bits per heavy atom. The number of hydrogen-bond acceptors (Lipinski definition) is 5. The summed E-state index contributed by atoms with van der Waals surface area (Å²) in [5.41, 5.74) is 0.490. The van der Waals surface area contributed by atoms with Crippen LogP contribution in [0.3, 0.4) is 0 Å². The van der Waals surface area contributed by atoms with Gasteiger partial charge in [0.2, 0.25) is 0 Å². The van der Waals surface area contributed by atoms with Crippen LogP contribution in [-0.4, -0.2) is 20.7 Å². The monoisotopic (exact) mass is 265 g/mol. The molecule has 0 aliphatic rings. The molecule has 0 fully saturated rings. The third kappa shape index (κ3) is 3.16. The lowest BCUT2D eigenvalue weighted by Gasteiger charge is -2.00. The molecule has 0 unspecified atom stereocenters. The molecule has 0 atom stereocenters. The number of ether oxygens (including phenoxy) is 1. The van der Waals surface area contributed by atoms with Gasteiger partial charge >= 0.3 is 5.97 Å². The molecule has 96 valence electrons. The molecule has 2 aromatic heterocycles. The number of aromatic nitrogens is 3. The number of carbonyl (C=O) groups is 1. The van der Waals surface area contributed by atoms with Crippen molar-refractivity contribution in [2.45, 2.75) is 33.4 Å². The molecule has 0 spiro atoms. The van der Waals surface area contributed by atoms with Crippen molar-refractivity contribution in [3.63, 3.8) is 0 Å². The highest BCUT2D eigenvalue weighted by Gasteiger charge is 2.10. The molecule has 0 saturated carbocycles. The standard InChI is InChI=1S/C12H15N3O2S/c1-3-4-15-7-10(5-14-15)12(16)17-8-11-6-13-9(2)18-11/h5-7H,3-4,8H2,1-2H3. The van der Waals surface area contributed by atoms with Gasteiger partial charge in [-0.05, 0) is 13.3 Å². The van der Waals surface area contributed by atoms with Crippen molar-refractivity contribution in [1.82, 2.24) is 14.8 Å². The second-order valence-corrected chi connectivity index (χ2v) is 5.23. The Hall–Kier alpha value is -1.69. The Kier molecular flexibility index (Phi) is 4.09. The molecule has 0 aliphatic carbocycles. The Morgan fingerprint density at radius 2 is 2.33 bits per heavy atom. The highest BCUT2D eigenvalue weighted by molar-refractivity contribution is 7.11. The minimum Gasteiger partial charge on any atom is -0.456 e.